The van der Waals surface area contributed by atoms with Crippen LogP contribution in [0.25, 0.3) is 0 Å². The van der Waals surface area contributed by atoms with Gasteiger partial charge in [0.15, 0.2) is 0 Å². The second-order valence-electron chi connectivity index (χ2n) is 24.2. The van der Waals surface area contributed by atoms with Gasteiger partial charge in [0.1, 0.15) is 0 Å². The molecule has 1 spiro atoms. The van der Waals surface area contributed by atoms with Crippen molar-refractivity contribution in [3.63, 3.8) is 0 Å². The molecule has 0 heteroatoms. The molecule has 11 aromatic rings. The van der Waals surface area contributed by atoms with Crippen molar-refractivity contribution >= 4 is 0 Å². The predicted molar refractivity (Wildman–Crippen MR) is 361 cm³/mol. The van der Waals surface area contributed by atoms with Crippen molar-refractivity contribution in [1.82, 2.24) is 0 Å². The van der Waals surface area contributed by atoms with E-state index in [0.717, 1.165) is 77.9 Å². The fourth-order valence-corrected chi connectivity index (χ4v) is 16.2. The van der Waals surface area contributed by atoms with Gasteiger partial charge in [0.05, 0.1) is 0 Å². The van der Waals surface area contributed by atoms with Gasteiger partial charge in [-0.3, -0.25) is 0 Å². The molecule has 0 bridgehead atoms. The molecule has 0 N–H and O–H groups in total. The Morgan fingerprint density at radius 1 is 0.169 bits per heavy atom. The van der Waals surface area contributed by atoms with Crippen LogP contribution in [0.2, 0.25) is 0 Å². The lowest BCUT2D eigenvalue weighted by atomic mass is 9.43. The summed E-state index contributed by atoms with van der Waals surface area (Å²) in [6.07, 6.45) is 0. The zero-order valence-electron chi connectivity index (χ0n) is 49.9. The molecule has 412 valence electrons. The average molecular weight is 1130 g/mol. The van der Waals surface area contributed by atoms with E-state index in [9.17, 15) is 0 Å². The lowest BCUT2D eigenvalue weighted by molar-refractivity contribution is 0.0253. The molecule has 0 fully saturated rings. The smallest absolute Gasteiger partial charge is 0.0409 e. The van der Waals surface area contributed by atoms with E-state index in [1.54, 1.807) is 0 Å². The lowest BCUT2D eigenvalue weighted by Crippen LogP contribution is -2.60. The Hall–Kier alpha value is -11.7. The normalized spacial score (nSPS) is 20.0. The van der Waals surface area contributed by atoms with Crippen LogP contribution in [-0.2, 0) is 21.7 Å². The molecule has 0 amide bonds. The average Bonchev–Trinajstić information content (AvgIpc) is 1.41. The van der Waals surface area contributed by atoms with Crippen LogP contribution in [0.15, 0.2) is 267 Å². The van der Waals surface area contributed by atoms with E-state index >= 15 is 0 Å². The van der Waals surface area contributed by atoms with Crippen LogP contribution in [0.4, 0.5) is 0 Å². The first-order chi connectivity index (χ1) is 43.6. The first-order valence-electron chi connectivity index (χ1n) is 30.3. The molecule has 0 saturated heterocycles. The molecule has 4 aliphatic rings. The number of benzene rings is 11. The van der Waals surface area contributed by atoms with Crippen LogP contribution in [0.3, 0.4) is 0 Å². The molecule has 11 aromatic carbocycles. The summed E-state index contributed by atoms with van der Waals surface area (Å²) in [5.74, 6) is 51.2. The van der Waals surface area contributed by atoms with Crippen molar-refractivity contribution in [2.75, 3.05) is 0 Å². The zero-order chi connectivity index (χ0) is 60.2. The van der Waals surface area contributed by atoms with Crippen molar-refractivity contribution in [2.45, 2.75) is 49.4 Å². The second-order valence-corrected chi connectivity index (χ2v) is 24.2. The van der Waals surface area contributed by atoms with Crippen molar-refractivity contribution in [1.29, 1.82) is 0 Å². The molecule has 0 heterocycles. The molecule has 15 rings (SSSR count). The summed E-state index contributed by atoms with van der Waals surface area (Å²) in [6, 6.07) is 93.5. The maximum atomic E-state index is 3.75. The van der Waals surface area contributed by atoms with E-state index < -0.39 is 27.1 Å². The van der Waals surface area contributed by atoms with Crippen molar-refractivity contribution in [2.24, 2.45) is 5.41 Å². The van der Waals surface area contributed by atoms with Crippen LogP contribution in [0.5, 0.6) is 0 Å². The third-order valence-electron chi connectivity index (χ3n) is 19.6. The highest BCUT2D eigenvalue weighted by Crippen LogP contribution is 2.90. The first-order valence-corrected chi connectivity index (χ1v) is 30.3. The zero-order valence-corrected chi connectivity index (χ0v) is 49.9. The van der Waals surface area contributed by atoms with E-state index in [1.165, 1.54) is 44.5 Å². The van der Waals surface area contributed by atoms with Gasteiger partial charge < -0.3 is 0 Å². The minimum Gasteiger partial charge on any atom is -0.0622 e. The van der Waals surface area contributed by atoms with E-state index in [4.69, 9.17) is 0 Å². The summed E-state index contributed by atoms with van der Waals surface area (Å²) in [5, 5.41) is 0. The molecule has 0 saturated carbocycles. The van der Waals surface area contributed by atoms with E-state index in [2.05, 4.69) is 250 Å². The monoisotopic (exact) mass is 1120 g/mol. The topological polar surface area (TPSA) is 0 Å². The van der Waals surface area contributed by atoms with Gasteiger partial charge in [0, 0.05) is 105 Å². The number of fused-ring (bicyclic) bond motifs is 12. The van der Waals surface area contributed by atoms with Gasteiger partial charge in [-0.05, 0) is 178 Å². The predicted octanol–water partition coefficient (Wildman–Crippen LogP) is 17.0. The second kappa shape index (κ2) is 21.4. The van der Waals surface area contributed by atoms with E-state index in [0.29, 0.717) is 0 Å². The number of rotatable bonds is 0. The fraction of sp³-hybridized carbons (Fsp3) is 0.101. The molecule has 0 nitrogen and oxygen atoms in total. The quantitative estimate of drug-likeness (QED) is 0.133. The van der Waals surface area contributed by atoms with Gasteiger partial charge in [0.2, 0.25) is 0 Å². The highest BCUT2D eigenvalue weighted by molar-refractivity contribution is 5.86. The van der Waals surface area contributed by atoms with Crippen molar-refractivity contribution < 1.29 is 0 Å². The Morgan fingerprint density at radius 3 is 0.573 bits per heavy atom. The molecule has 0 aromatic heterocycles. The van der Waals surface area contributed by atoms with Gasteiger partial charge in [-0.2, -0.15) is 0 Å². The van der Waals surface area contributed by atoms with Crippen LogP contribution in [0, 0.1) is 88.3 Å². The molecule has 89 heavy (non-hydrogen) atoms. The molecule has 2 unspecified atom stereocenters. The number of hydrogen-bond acceptors (Lipinski definition) is 0. The Labute approximate surface area is 523 Å². The molecule has 4 aliphatic carbocycles. The summed E-state index contributed by atoms with van der Waals surface area (Å²) < 4.78 is 0. The summed E-state index contributed by atoms with van der Waals surface area (Å²) in [5.41, 5.74) is 19.0. The molecular formula is C89H56. The summed E-state index contributed by atoms with van der Waals surface area (Å²) in [6.45, 7) is 10.2. The number of hydrogen-bond donors (Lipinski definition) is 0. The molecule has 0 radical (unpaired) electrons. The van der Waals surface area contributed by atoms with Crippen LogP contribution >= 0.6 is 0 Å². The summed E-state index contributed by atoms with van der Waals surface area (Å²) >= 11 is 0. The van der Waals surface area contributed by atoms with Crippen molar-refractivity contribution in [3.8, 4) is 82.9 Å². The molecule has 0 aliphatic heterocycles. The van der Waals surface area contributed by atoms with E-state index in [-0.39, 0.29) is 0 Å². The Balaban J connectivity index is 1.10. The third kappa shape index (κ3) is 8.38. The minimum atomic E-state index is -0.751. The van der Waals surface area contributed by atoms with Gasteiger partial charge in [-0.15, -0.1) is 0 Å². The fourth-order valence-electron chi connectivity index (χ4n) is 16.2. The lowest BCUT2D eigenvalue weighted by Gasteiger charge is -2.57. The van der Waals surface area contributed by atoms with Gasteiger partial charge in [-0.1, -0.05) is 244 Å². The molecular weight excluding hydrogens is 1070 g/mol. The van der Waals surface area contributed by atoms with Crippen LogP contribution in [0.1, 0.15) is 150 Å². The highest BCUT2D eigenvalue weighted by Gasteiger charge is 2.89. The van der Waals surface area contributed by atoms with Gasteiger partial charge in [0.25, 0.3) is 0 Å². The Kier molecular flexibility index (Phi) is 13.0. The van der Waals surface area contributed by atoms with Gasteiger partial charge >= 0.3 is 0 Å². The summed E-state index contributed by atoms with van der Waals surface area (Å²) in [4.78, 5) is 0. The molecule has 5 atom stereocenters. The van der Waals surface area contributed by atoms with E-state index in [1.807, 2.05) is 127 Å². The van der Waals surface area contributed by atoms with Gasteiger partial charge in [-0.25, -0.2) is 0 Å². The Bertz CT molecular complexity index is 5030. The summed E-state index contributed by atoms with van der Waals surface area (Å²) in [7, 11) is 0. The Morgan fingerprint density at radius 2 is 0.348 bits per heavy atom. The van der Waals surface area contributed by atoms with Crippen LogP contribution in [-0.4, -0.2) is 0 Å². The van der Waals surface area contributed by atoms with Crippen LogP contribution < -0.4 is 0 Å². The largest absolute Gasteiger partial charge is 0.0622 e. The first kappa shape index (κ1) is 54.0. The van der Waals surface area contributed by atoms with Crippen molar-refractivity contribution in [3.05, 3.63) is 389 Å². The maximum absolute atomic E-state index is 3.75. The standard InChI is InChI=1S/C89H56/c1-85-77-55-48-70(41-40-63-26-12-5-13-27-63)56-78(77)86(2)81-59-73(51-44-66-32-18-8-19-33-66)74(52-45-67-34-20-9-21-35-67)60-82(81)88(4)84-62-76(54-47-69-38-24-11-25-39-69)75(53-46-68-36-22-10-23-37-68)61-83(84)87(3,89(85,86)88)80-58-72(50-43-65-30-16-7-17-31-65)71(57-79(80)85)49-42-64-28-14-6-15-29-64/h5-39,48,55-62H,1-4H3/t85?,86-,87+,88+,89?/m0/s1. The third-order valence-corrected chi connectivity index (χ3v) is 19.6. The highest BCUT2D eigenvalue weighted by atomic mass is 14.9. The SMILES string of the molecule is CC12c3ccc(C#Cc4ccccc4)cc3[C@@]3(C)c4cc(C#Cc5ccccc5)c(C#Cc5ccccc5)cc4[C@]4(C)c5cc(C#Cc6ccccc6)c(C#Cc6ccccc6)cc5[C@@](C)(c5cc(C#Cc6ccccc6)c(C#Cc6ccccc6)cc51)C243. The minimum absolute atomic E-state index is 0.703. The maximum Gasteiger partial charge on any atom is 0.0409 e.